The van der Waals surface area contributed by atoms with E-state index in [0.717, 1.165) is 50.9 Å². The predicted molar refractivity (Wildman–Crippen MR) is 156 cm³/mol. The van der Waals surface area contributed by atoms with Gasteiger partial charge in [-0.1, -0.05) is 66.2 Å². The fraction of sp³-hybridized carbons (Fsp3) is 0.516. The molecular weight excluding hydrogens is 510 g/mol. The molecule has 1 heterocycles. The summed E-state index contributed by atoms with van der Waals surface area (Å²) in [4.78, 5) is 17.3. The number of likely N-dealkylation sites (tertiary alicyclic amines) is 1. The van der Waals surface area contributed by atoms with Crippen LogP contribution in [-0.4, -0.2) is 80.2 Å². The Labute approximate surface area is 234 Å². The Morgan fingerprint density at radius 3 is 2.33 bits per heavy atom. The van der Waals surface area contributed by atoms with E-state index < -0.39 is 10.0 Å². The number of piperidine rings is 1. The molecule has 1 saturated carbocycles. The summed E-state index contributed by atoms with van der Waals surface area (Å²) in [5.74, 6) is 0.703. The van der Waals surface area contributed by atoms with Crippen LogP contribution in [-0.2, 0) is 21.4 Å². The molecule has 2 fully saturated rings. The first kappa shape index (κ1) is 29.3. The van der Waals surface area contributed by atoms with E-state index in [1.165, 1.54) is 17.4 Å². The molecule has 212 valence electrons. The van der Waals surface area contributed by atoms with Crippen LogP contribution in [0, 0.1) is 12.8 Å². The van der Waals surface area contributed by atoms with Crippen molar-refractivity contribution < 1.29 is 17.9 Å². The predicted octanol–water partition coefficient (Wildman–Crippen LogP) is 5.04. The monoisotopic (exact) mass is 553 g/mol. The SMILES string of the molecule is C=CCN(C(=O)OCc1ccc(C)cc1)C1CCN(CC2CC(N(C)S(C)(=O)=O)CC2c2ccccc2)CC1. The second kappa shape index (κ2) is 13.1. The molecule has 2 aromatic carbocycles. The summed E-state index contributed by atoms with van der Waals surface area (Å²) >= 11 is 0. The van der Waals surface area contributed by atoms with Gasteiger partial charge in [-0.25, -0.2) is 17.5 Å². The minimum atomic E-state index is -3.24. The third-order valence-corrected chi connectivity index (χ3v) is 9.81. The lowest BCUT2D eigenvalue weighted by Gasteiger charge is -2.39. The second-order valence-electron chi connectivity index (χ2n) is 11.2. The van der Waals surface area contributed by atoms with Crippen LogP contribution in [0.3, 0.4) is 0 Å². The van der Waals surface area contributed by atoms with E-state index in [4.69, 9.17) is 4.74 Å². The first-order valence-corrected chi connectivity index (χ1v) is 15.8. The summed E-state index contributed by atoms with van der Waals surface area (Å²) in [6.07, 6.45) is 6.22. The second-order valence-corrected chi connectivity index (χ2v) is 13.2. The number of sulfonamides is 1. The first-order valence-electron chi connectivity index (χ1n) is 14.0. The fourth-order valence-electron chi connectivity index (χ4n) is 6.14. The molecule has 4 rings (SSSR count). The van der Waals surface area contributed by atoms with E-state index in [0.29, 0.717) is 18.4 Å². The van der Waals surface area contributed by atoms with Crippen molar-refractivity contribution >= 4 is 16.1 Å². The molecule has 0 aromatic heterocycles. The molecule has 1 aliphatic carbocycles. The molecular formula is C31H43N3O4S. The van der Waals surface area contributed by atoms with Gasteiger partial charge in [0, 0.05) is 45.3 Å². The minimum Gasteiger partial charge on any atom is -0.445 e. The molecule has 0 radical (unpaired) electrons. The summed E-state index contributed by atoms with van der Waals surface area (Å²) in [5, 5.41) is 0. The Hall–Kier alpha value is -2.68. The van der Waals surface area contributed by atoms with Crippen LogP contribution in [0.15, 0.2) is 67.3 Å². The van der Waals surface area contributed by atoms with Gasteiger partial charge in [0.05, 0.1) is 6.26 Å². The molecule has 39 heavy (non-hydrogen) atoms. The molecule has 0 spiro atoms. The summed E-state index contributed by atoms with van der Waals surface area (Å²) in [6.45, 7) is 9.35. The molecule has 1 amide bonds. The topological polar surface area (TPSA) is 70.2 Å². The maximum absolute atomic E-state index is 13.0. The normalized spacial score (nSPS) is 22.6. The van der Waals surface area contributed by atoms with E-state index in [1.54, 1.807) is 17.4 Å². The Bertz CT molecular complexity index is 1190. The lowest BCUT2D eigenvalue weighted by molar-refractivity contribution is 0.0629. The van der Waals surface area contributed by atoms with Crippen molar-refractivity contribution in [3.8, 4) is 0 Å². The van der Waals surface area contributed by atoms with Crippen molar-refractivity contribution in [1.82, 2.24) is 14.1 Å². The standard InChI is InChI=1S/C31H43N3O4S/c1-5-17-34(31(35)38-23-25-13-11-24(2)12-14-25)28-15-18-33(19-16-28)22-27-20-29(32(3)39(4,36)37)21-30(27)26-9-7-6-8-10-26/h5-14,27-30H,1,15-23H2,2-4H3. The van der Waals surface area contributed by atoms with E-state index in [2.05, 4.69) is 35.7 Å². The van der Waals surface area contributed by atoms with Crippen LogP contribution in [0.25, 0.3) is 0 Å². The van der Waals surface area contributed by atoms with Gasteiger partial charge in [0.1, 0.15) is 6.61 Å². The highest BCUT2D eigenvalue weighted by Crippen LogP contribution is 2.42. The van der Waals surface area contributed by atoms with Gasteiger partial charge in [0.25, 0.3) is 0 Å². The maximum atomic E-state index is 13.0. The van der Waals surface area contributed by atoms with Gasteiger partial charge in [-0.15, -0.1) is 6.58 Å². The molecule has 2 aromatic rings. The summed E-state index contributed by atoms with van der Waals surface area (Å²) in [6, 6.07) is 18.6. The maximum Gasteiger partial charge on any atom is 0.410 e. The summed E-state index contributed by atoms with van der Waals surface area (Å²) in [5.41, 5.74) is 3.44. The molecule has 8 heteroatoms. The van der Waals surface area contributed by atoms with Crippen LogP contribution in [0.4, 0.5) is 4.79 Å². The van der Waals surface area contributed by atoms with Crippen molar-refractivity contribution in [2.24, 2.45) is 5.92 Å². The van der Waals surface area contributed by atoms with Gasteiger partial charge < -0.3 is 14.5 Å². The van der Waals surface area contributed by atoms with Crippen molar-refractivity contribution in [1.29, 1.82) is 0 Å². The highest BCUT2D eigenvalue weighted by Gasteiger charge is 2.40. The van der Waals surface area contributed by atoms with Crippen molar-refractivity contribution in [3.05, 3.63) is 83.9 Å². The van der Waals surface area contributed by atoms with E-state index in [-0.39, 0.29) is 24.8 Å². The average Bonchev–Trinajstić information content (AvgIpc) is 3.35. The number of benzene rings is 2. The molecule has 3 unspecified atom stereocenters. The summed E-state index contributed by atoms with van der Waals surface area (Å²) < 4.78 is 31.8. The highest BCUT2D eigenvalue weighted by atomic mass is 32.2. The van der Waals surface area contributed by atoms with Crippen LogP contribution in [0.5, 0.6) is 0 Å². The number of ether oxygens (including phenoxy) is 1. The molecule has 1 aliphatic heterocycles. The number of amides is 1. The van der Waals surface area contributed by atoms with Gasteiger partial charge in [0.15, 0.2) is 0 Å². The average molecular weight is 554 g/mol. The molecule has 7 nitrogen and oxygen atoms in total. The molecule has 0 bridgehead atoms. The Morgan fingerprint density at radius 2 is 1.72 bits per heavy atom. The van der Waals surface area contributed by atoms with Crippen LogP contribution >= 0.6 is 0 Å². The van der Waals surface area contributed by atoms with Gasteiger partial charge in [-0.2, -0.15) is 0 Å². The number of aryl methyl sites for hydroxylation is 1. The van der Waals surface area contributed by atoms with E-state index >= 15 is 0 Å². The van der Waals surface area contributed by atoms with Gasteiger partial charge >= 0.3 is 6.09 Å². The lowest BCUT2D eigenvalue weighted by Crippen LogP contribution is -2.48. The molecule has 2 aliphatic rings. The van der Waals surface area contributed by atoms with Crippen molar-refractivity contribution in [2.75, 3.05) is 39.5 Å². The number of hydrogen-bond donors (Lipinski definition) is 0. The molecule has 3 atom stereocenters. The van der Waals surface area contributed by atoms with E-state index in [1.807, 2.05) is 42.2 Å². The van der Waals surface area contributed by atoms with Crippen molar-refractivity contribution in [3.63, 3.8) is 0 Å². The summed E-state index contributed by atoms with van der Waals surface area (Å²) in [7, 11) is -1.53. The lowest BCUT2D eigenvalue weighted by atomic mass is 9.88. The van der Waals surface area contributed by atoms with Crippen LogP contribution < -0.4 is 0 Å². The zero-order chi connectivity index (χ0) is 28.0. The first-order chi connectivity index (χ1) is 18.7. The Balaban J connectivity index is 1.35. The van der Waals surface area contributed by atoms with Crippen LogP contribution in [0.2, 0.25) is 0 Å². The van der Waals surface area contributed by atoms with Gasteiger partial charge in [0.2, 0.25) is 10.0 Å². The zero-order valence-corrected chi connectivity index (χ0v) is 24.4. The highest BCUT2D eigenvalue weighted by molar-refractivity contribution is 7.88. The number of carbonyl (C=O) groups excluding carboxylic acids is 1. The molecule has 0 N–H and O–H groups in total. The number of nitrogens with zero attached hydrogens (tertiary/aromatic N) is 3. The van der Waals surface area contributed by atoms with Gasteiger partial charge in [-0.05, 0) is 55.6 Å². The Kier molecular flexibility index (Phi) is 9.86. The van der Waals surface area contributed by atoms with Crippen molar-refractivity contribution in [2.45, 2.75) is 57.2 Å². The smallest absolute Gasteiger partial charge is 0.410 e. The van der Waals surface area contributed by atoms with Crippen LogP contribution in [0.1, 0.15) is 48.3 Å². The zero-order valence-electron chi connectivity index (χ0n) is 23.5. The number of hydrogen-bond acceptors (Lipinski definition) is 5. The Morgan fingerprint density at radius 1 is 1.05 bits per heavy atom. The fourth-order valence-corrected chi connectivity index (χ4v) is 6.86. The quantitative estimate of drug-likeness (QED) is 0.386. The van der Waals surface area contributed by atoms with E-state index in [9.17, 15) is 13.2 Å². The number of carbonyl (C=O) groups is 1. The third-order valence-electron chi connectivity index (χ3n) is 8.47. The largest absolute Gasteiger partial charge is 0.445 e. The third kappa shape index (κ3) is 7.71. The minimum absolute atomic E-state index is 0.0131. The van der Waals surface area contributed by atoms with Gasteiger partial charge in [-0.3, -0.25) is 0 Å². The molecule has 1 saturated heterocycles. The number of rotatable bonds is 10.